The maximum absolute atomic E-state index is 12.4. The molecule has 0 saturated heterocycles. The van der Waals surface area contributed by atoms with Crippen LogP contribution >= 0.6 is 23.4 Å². The largest absolute Gasteiger partial charge is 0.506 e. The fraction of sp³-hybridized carbons (Fsp3) is 0.143. The van der Waals surface area contributed by atoms with E-state index in [9.17, 15) is 9.90 Å². The van der Waals surface area contributed by atoms with E-state index in [0.717, 1.165) is 5.56 Å². The number of methoxy groups -OCH3 is 1. The van der Waals surface area contributed by atoms with Gasteiger partial charge >= 0.3 is 5.97 Å². The molecule has 144 valence electrons. The zero-order chi connectivity index (χ0) is 20.1. The van der Waals surface area contributed by atoms with E-state index in [4.69, 9.17) is 21.1 Å². The number of nitrogens with zero attached hydrogens (tertiary/aromatic N) is 1. The van der Waals surface area contributed by atoms with Crippen LogP contribution in [-0.4, -0.2) is 29.8 Å². The van der Waals surface area contributed by atoms with Crippen LogP contribution in [0.4, 0.5) is 5.69 Å². The molecule has 0 amide bonds. The highest BCUT2D eigenvalue weighted by Gasteiger charge is 2.33. The van der Waals surface area contributed by atoms with Gasteiger partial charge in [0, 0.05) is 5.02 Å². The molecule has 0 radical (unpaired) electrons. The second-order valence-electron chi connectivity index (χ2n) is 5.72. The zero-order valence-electron chi connectivity index (χ0n) is 15.3. The number of hydrogen-bond donors (Lipinski definition) is 1. The molecule has 0 aliphatic carbocycles. The van der Waals surface area contributed by atoms with E-state index in [1.807, 2.05) is 12.1 Å². The van der Waals surface area contributed by atoms with Gasteiger partial charge in [0.05, 0.1) is 24.3 Å². The van der Waals surface area contributed by atoms with Gasteiger partial charge in [-0.25, -0.2) is 9.79 Å². The maximum atomic E-state index is 12.4. The van der Waals surface area contributed by atoms with Gasteiger partial charge in [-0.2, -0.15) is 0 Å². The summed E-state index contributed by atoms with van der Waals surface area (Å²) in [6.45, 7) is 1.91. The molecule has 3 rings (SSSR count). The van der Waals surface area contributed by atoms with Gasteiger partial charge in [-0.3, -0.25) is 0 Å². The third-order valence-electron chi connectivity index (χ3n) is 3.84. The smallest absolute Gasteiger partial charge is 0.344 e. The van der Waals surface area contributed by atoms with Gasteiger partial charge in [-0.1, -0.05) is 35.5 Å². The van der Waals surface area contributed by atoms with Crippen LogP contribution in [-0.2, 0) is 9.53 Å². The first-order valence-corrected chi connectivity index (χ1v) is 9.70. The van der Waals surface area contributed by atoms with Gasteiger partial charge in [0.25, 0.3) is 0 Å². The van der Waals surface area contributed by atoms with Crippen molar-refractivity contribution in [3.05, 3.63) is 75.4 Å². The highest BCUT2D eigenvalue weighted by Crippen LogP contribution is 2.40. The molecule has 1 aliphatic heterocycles. The first-order chi connectivity index (χ1) is 13.5. The molecule has 0 aromatic heterocycles. The lowest BCUT2D eigenvalue weighted by atomic mass is 10.1. The minimum absolute atomic E-state index is 0.0582. The number of carbonyl (C=O) groups is 1. The Bertz CT molecular complexity index is 963. The van der Waals surface area contributed by atoms with Crippen molar-refractivity contribution in [2.75, 3.05) is 13.7 Å². The van der Waals surface area contributed by atoms with Crippen molar-refractivity contribution in [3.63, 3.8) is 0 Å². The van der Waals surface area contributed by atoms with Crippen LogP contribution in [0.1, 0.15) is 12.5 Å². The van der Waals surface area contributed by atoms with E-state index in [1.165, 1.54) is 11.8 Å². The molecule has 1 heterocycles. The number of halogens is 1. The Hall–Kier alpha value is -2.70. The Labute approximate surface area is 172 Å². The van der Waals surface area contributed by atoms with Crippen LogP contribution in [0.25, 0.3) is 6.08 Å². The summed E-state index contributed by atoms with van der Waals surface area (Å²) in [7, 11) is 1.58. The molecule has 2 aromatic carbocycles. The third-order valence-corrected chi connectivity index (χ3v) is 5.11. The highest BCUT2D eigenvalue weighted by atomic mass is 35.5. The topological polar surface area (TPSA) is 68.1 Å². The first kappa shape index (κ1) is 20.0. The molecule has 0 bridgehead atoms. The number of esters is 1. The molecule has 1 N–H and O–H groups in total. The van der Waals surface area contributed by atoms with Crippen LogP contribution < -0.4 is 4.74 Å². The monoisotopic (exact) mass is 415 g/mol. The quantitative estimate of drug-likeness (QED) is 0.649. The number of benzene rings is 2. The van der Waals surface area contributed by atoms with Crippen molar-refractivity contribution >= 4 is 46.1 Å². The van der Waals surface area contributed by atoms with Crippen molar-refractivity contribution in [3.8, 4) is 5.75 Å². The summed E-state index contributed by atoms with van der Waals surface area (Å²) in [5, 5.41) is 11.7. The molecule has 0 atom stereocenters. The van der Waals surface area contributed by atoms with Gasteiger partial charge in [0.15, 0.2) is 0 Å². The summed E-state index contributed by atoms with van der Waals surface area (Å²) in [6.07, 6.45) is 1.77. The summed E-state index contributed by atoms with van der Waals surface area (Å²) in [5.41, 5.74) is 1.53. The van der Waals surface area contributed by atoms with Crippen molar-refractivity contribution in [1.82, 2.24) is 0 Å². The van der Waals surface area contributed by atoms with E-state index < -0.39 is 5.97 Å². The number of hydrogen-bond acceptors (Lipinski definition) is 6. The van der Waals surface area contributed by atoms with Gasteiger partial charge in [0.2, 0.25) is 0 Å². The van der Waals surface area contributed by atoms with Crippen molar-refractivity contribution in [2.24, 2.45) is 4.99 Å². The average Bonchev–Trinajstić information content (AvgIpc) is 2.99. The summed E-state index contributed by atoms with van der Waals surface area (Å²) in [4.78, 5) is 17.4. The lowest BCUT2D eigenvalue weighted by Gasteiger charge is -2.04. The molecule has 0 saturated carbocycles. The van der Waals surface area contributed by atoms with Gasteiger partial charge in [-0.15, -0.1) is 0 Å². The van der Waals surface area contributed by atoms with E-state index >= 15 is 0 Å². The Morgan fingerprint density at radius 3 is 2.46 bits per heavy atom. The number of ether oxygens (including phenoxy) is 2. The summed E-state index contributed by atoms with van der Waals surface area (Å²) < 4.78 is 10.2. The SMILES string of the molecule is CCOC(=O)C1=C(O)C(=Cc2ccc(Cl)cc2)SC1=Nc1ccc(OC)cc1. The van der Waals surface area contributed by atoms with Crippen LogP contribution in [0.15, 0.2) is 69.8 Å². The number of thioether (sulfide) groups is 1. The molecular weight excluding hydrogens is 398 g/mol. The Kier molecular flexibility index (Phi) is 6.44. The normalized spacial score (nSPS) is 16.7. The minimum atomic E-state index is -0.612. The van der Waals surface area contributed by atoms with Crippen molar-refractivity contribution in [1.29, 1.82) is 0 Å². The van der Waals surface area contributed by atoms with E-state index in [0.29, 0.717) is 26.4 Å². The summed E-state index contributed by atoms with van der Waals surface area (Å²) in [5.74, 6) is -0.0553. The molecule has 0 fully saturated rings. The third kappa shape index (κ3) is 4.58. The predicted octanol–water partition coefficient (Wildman–Crippen LogP) is 5.54. The van der Waals surface area contributed by atoms with E-state index in [2.05, 4.69) is 4.99 Å². The van der Waals surface area contributed by atoms with Gasteiger partial charge in [-0.05, 0) is 55.0 Å². The zero-order valence-corrected chi connectivity index (χ0v) is 16.9. The summed E-state index contributed by atoms with van der Waals surface area (Å²) >= 11 is 7.12. The minimum Gasteiger partial charge on any atom is -0.506 e. The average molecular weight is 416 g/mol. The number of rotatable bonds is 5. The van der Waals surface area contributed by atoms with Crippen LogP contribution in [0.3, 0.4) is 0 Å². The first-order valence-electron chi connectivity index (χ1n) is 8.50. The molecule has 5 nitrogen and oxygen atoms in total. The fourth-order valence-corrected chi connectivity index (χ4v) is 3.64. The standard InChI is InChI=1S/C21H18ClNO4S/c1-3-27-21(25)18-19(24)17(12-13-4-6-14(22)7-5-13)28-20(18)23-15-8-10-16(26-2)11-9-15/h4-12,24H,3H2,1-2H3. The molecule has 2 aromatic rings. The number of carbonyl (C=O) groups excluding carboxylic acids is 1. The van der Waals surface area contributed by atoms with Crippen molar-refractivity contribution in [2.45, 2.75) is 6.92 Å². The highest BCUT2D eigenvalue weighted by molar-refractivity contribution is 8.18. The Morgan fingerprint density at radius 2 is 1.86 bits per heavy atom. The predicted molar refractivity (Wildman–Crippen MR) is 113 cm³/mol. The summed E-state index contributed by atoms with van der Waals surface area (Å²) in [6, 6.07) is 14.3. The fourth-order valence-electron chi connectivity index (χ4n) is 2.48. The lowest BCUT2D eigenvalue weighted by molar-refractivity contribution is -0.138. The lowest BCUT2D eigenvalue weighted by Crippen LogP contribution is -2.12. The van der Waals surface area contributed by atoms with Gasteiger partial charge in [0.1, 0.15) is 22.1 Å². The van der Waals surface area contributed by atoms with Crippen LogP contribution in [0.5, 0.6) is 5.75 Å². The molecule has 7 heteroatoms. The van der Waals surface area contributed by atoms with Crippen LogP contribution in [0, 0.1) is 0 Å². The Morgan fingerprint density at radius 1 is 1.18 bits per heavy atom. The van der Waals surface area contributed by atoms with Gasteiger partial charge < -0.3 is 14.6 Å². The van der Waals surface area contributed by atoms with Crippen LogP contribution in [0.2, 0.25) is 5.02 Å². The molecule has 0 spiro atoms. The van der Waals surface area contributed by atoms with E-state index in [-0.39, 0.29) is 17.9 Å². The second-order valence-corrected chi connectivity index (χ2v) is 7.19. The molecule has 1 aliphatic rings. The number of aliphatic hydroxyl groups excluding tert-OH is 1. The molecule has 28 heavy (non-hydrogen) atoms. The number of aliphatic hydroxyl groups is 1. The number of aliphatic imine (C=N–C) groups is 1. The van der Waals surface area contributed by atoms with Crippen molar-refractivity contribution < 1.29 is 19.4 Å². The maximum Gasteiger partial charge on any atom is 0.344 e. The molecular formula is C21H18ClNO4S. The molecule has 0 unspecified atom stereocenters. The van der Waals surface area contributed by atoms with E-state index in [1.54, 1.807) is 56.5 Å². The second kappa shape index (κ2) is 8.99. The Balaban J connectivity index is 2.00.